The molecule has 0 saturated carbocycles. The number of nitrogens with zero attached hydrogens (tertiary/aromatic N) is 1. The van der Waals surface area contributed by atoms with Gasteiger partial charge in [-0.1, -0.05) is 79.8 Å². The van der Waals surface area contributed by atoms with Crippen LogP contribution < -0.4 is 0 Å². The molecule has 5 heteroatoms. The molecule has 0 aromatic heterocycles. The third-order valence-electron chi connectivity index (χ3n) is 4.93. The molecule has 0 N–H and O–H groups in total. The summed E-state index contributed by atoms with van der Waals surface area (Å²) in [6, 6.07) is 0. The van der Waals surface area contributed by atoms with Gasteiger partial charge in [-0.05, 0) is 50.7 Å². The minimum absolute atomic E-state index is 0.169. The van der Waals surface area contributed by atoms with Crippen LogP contribution in [0.15, 0.2) is 72.9 Å². The SMILES string of the molecule is CC/C=C\C/C=C\C/C=C\C/C=C\C/C=C\C/C=C\CC(=O)CCCSCC(=O)OCC[N+](C)(C)C. The average molecular weight is 517 g/mol. The van der Waals surface area contributed by atoms with Crippen molar-refractivity contribution in [2.75, 3.05) is 45.8 Å². The Kier molecular flexibility index (Phi) is 23.1. The largest absolute Gasteiger partial charge is 0.459 e. The lowest BCUT2D eigenvalue weighted by atomic mass is 10.1. The fraction of sp³-hybridized carbons (Fsp3) is 0.548. The van der Waals surface area contributed by atoms with Gasteiger partial charge in [0.15, 0.2) is 0 Å². The summed E-state index contributed by atoms with van der Waals surface area (Å²) in [6.07, 6.45) is 33.6. The summed E-state index contributed by atoms with van der Waals surface area (Å²) >= 11 is 1.54. The Hall–Kier alpha value is -2.11. The number of esters is 1. The Morgan fingerprint density at radius 3 is 1.67 bits per heavy atom. The number of rotatable bonds is 22. The summed E-state index contributed by atoms with van der Waals surface area (Å²) < 4.78 is 6.00. The summed E-state index contributed by atoms with van der Waals surface area (Å²) in [5.41, 5.74) is 0. The lowest BCUT2D eigenvalue weighted by molar-refractivity contribution is -0.870. The van der Waals surface area contributed by atoms with Crippen molar-refractivity contribution in [3.63, 3.8) is 0 Å². The molecule has 0 heterocycles. The molecule has 0 saturated heterocycles. The van der Waals surface area contributed by atoms with Crippen molar-refractivity contribution in [2.24, 2.45) is 0 Å². The molecule has 0 atom stereocenters. The molecular weight excluding hydrogens is 466 g/mol. The number of Topliss-reactive ketones (excluding diaryl/α,β-unsaturated/α-hetero) is 1. The molecule has 0 spiro atoms. The number of allylic oxidation sites excluding steroid dienone is 12. The fourth-order valence-corrected chi connectivity index (χ4v) is 3.58. The number of quaternary nitrogens is 1. The van der Waals surface area contributed by atoms with Crippen molar-refractivity contribution in [3.8, 4) is 0 Å². The third-order valence-corrected chi connectivity index (χ3v) is 5.95. The Morgan fingerprint density at radius 1 is 0.722 bits per heavy atom. The number of hydrogen-bond donors (Lipinski definition) is 0. The maximum Gasteiger partial charge on any atom is 0.316 e. The molecule has 0 radical (unpaired) electrons. The number of carbonyl (C=O) groups excluding carboxylic acids is 2. The first-order chi connectivity index (χ1) is 17.3. The van der Waals surface area contributed by atoms with Gasteiger partial charge in [0.1, 0.15) is 18.9 Å². The molecule has 0 bridgehead atoms. The summed E-state index contributed by atoms with van der Waals surface area (Å²) in [6.45, 7) is 3.41. The number of likely N-dealkylation sites (N-methyl/N-ethyl adjacent to an activating group) is 1. The molecule has 0 amide bonds. The van der Waals surface area contributed by atoms with E-state index in [-0.39, 0.29) is 11.8 Å². The second kappa shape index (κ2) is 24.6. The zero-order chi connectivity index (χ0) is 26.7. The van der Waals surface area contributed by atoms with Gasteiger partial charge < -0.3 is 9.22 Å². The second-order valence-electron chi connectivity index (χ2n) is 9.55. The van der Waals surface area contributed by atoms with Crippen LogP contribution in [-0.2, 0) is 14.3 Å². The van der Waals surface area contributed by atoms with E-state index in [1.54, 1.807) is 0 Å². The van der Waals surface area contributed by atoms with Gasteiger partial charge in [-0.15, -0.1) is 0 Å². The zero-order valence-electron chi connectivity index (χ0n) is 23.2. The van der Waals surface area contributed by atoms with Crippen LogP contribution in [0.1, 0.15) is 64.7 Å². The number of hydrogen-bond acceptors (Lipinski definition) is 4. The summed E-state index contributed by atoms with van der Waals surface area (Å²) in [5, 5.41) is 0. The van der Waals surface area contributed by atoms with E-state index >= 15 is 0 Å². The first-order valence-electron chi connectivity index (χ1n) is 13.3. The van der Waals surface area contributed by atoms with Gasteiger partial charge in [0.2, 0.25) is 0 Å². The standard InChI is InChI=1S/C31H50NO3S/c1-5-6-7-8-9-10-11-12-13-14-15-16-17-18-19-20-21-22-24-30(33)25-23-28-36-29-31(34)35-27-26-32(2,3)4/h6-7,9-10,12-13,15-16,18-19,21-22H,5,8,11,14,17,20,23-29H2,1-4H3/q+1/b7-6-,10-9-,13-12-,16-15-,19-18-,22-21-. The van der Waals surface area contributed by atoms with E-state index in [0.29, 0.717) is 25.2 Å². The average Bonchev–Trinajstić information content (AvgIpc) is 2.82. The molecule has 0 aliphatic rings. The van der Waals surface area contributed by atoms with E-state index in [0.717, 1.165) is 61.7 Å². The second-order valence-corrected chi connectivity index (χ2v) is 10.7. The lowest BCUT2D eigenvalue weighted by Gasteiger charge is -2.23. The van der Waals surface area contributed by atoms with E-state index in [1.165, 1.54) is 11.8 Å². The highest BCUT2D eigenvalue weighted by molar-refractivity contribution is 7.99. The van der Waals surface area contributed by atoms with E-state index in [1.807, 2.05) is 12.2 Å². The van der Waals surface area contributed by atoms with Crippen molar-refractivity contribution in [1.82, 2.24) is 0 Å². The minimum atomic E-state index is -0.169. The van der Waals surface area contributed by atoms with Crippen molar-refractivity contribution < 1.29 is 18.8 Å². The Balaban J connectivity index is 3.62. The van der Waals surface area contributed by atoms with Crippen molar-refractivity contribution in [2.45, 2.75) is 64.7 Å². The van der Waals surface area contributed by atoms with Crippen molar-refractivity contribution >= 4 is 23.5 Å². The maximum atomic E-state index is 12.0. The van der Waals surface area contributed by atoms with Gasteiger partial charge in [0, 0.05) is 12.8 Å². The normalized spacial score (nSPS) is 13.0. The lowest BCUT2D eigenvalue weighted by Crippen LogP contribution is -2.38. The first-order valence-corrected chi connectivity index (χ1v) is 14.5. The van der Waals surface area contributed by atoms with Gasteiger partial charge in [-0.3, -0.25) is 9.59 Å². The van der Waals surface area contributed by atoms with E-state index in [9.17, 15) is 9.59 Å². The predicted molar refractivity (Wildman–Crippen MR) is 158 cm³/mol. The molecule has 0 aliphatic carbocycles. The number of ketones is 1. The van der Waals surface area contributed by atoms with Crippen LogP contribution in [-0.4, -0.2) is 62.0 Å². The smallest absolute Gasteiger partial charge is 0.316 e. The quantitative estimate of drug-likeness (QED) is 0.0650. The molecule has 0 fully saturated rings. The first kappa shape index (κ1) is 33.9. The van der Waals surface area contributed by atoms with E-state index < -0.39 is 0 Å². The van der Waals surface area contributed by atoms with Crippen molar-refractivity contribution in [1.29, 1.82) is 0 Å². The molecule has 0 aromatic carbocycles. The molecular formula is C31H50NO3S+. The monoisotopic (exact) mass is 516 g/mol. The summed E-state index contributed by atoms with van der Waals surface area (Å²) in [4.78, 5) is 23.6. The van der Waals surface area contributed by atoms with Crippen molar-refractivity contribution in [3.05, 3.63) is 72.9 Å². The maximum absolute atomic E-state index is 12.0. The van der Waals surface area contributed by atoms with E-state index in [2.05, 4.69) is 88.8 Å². The molecule has 4 nitrogen and oxygen atoms in total. The highest BCUT2D eigenvalue weighted by Gasteiger charge is 2.09. The van der Waals surface area contributed by atoms with Crippen LogP contribution in [0, 0.1) is 0 Å². The summed E-state index contributed by atoms with van der Waals surface area (Å²) in [7, 11) is 6.21. The van der Waals surface area contributed by atoms with Crippen LogP contribution in [0.25, 0.3) is 0 Å². The van der Waals surface area contributed by atoms with Crippen LogP contribution in [0.4, 0.5) is 0 Å². The highest BCUT2D eigenvalue weighted by Crippen LogP contribution is 2.07. The molecule has 0 rings (SSSR count). The minimum Gasteiger partial charge on any atom is -0.459 e. The van der Waals surface area contributed by atoms with E-state index in [4.69, 9.17) is 4.74 Å². The molecule has 0 aromatic rings. The van der Waals surface area contributed by atoms with Gasteiger partial charge in [0.05, 0.1) is 26.9 Å². The highest BCUT2D eigenvalue weighted by atomic mass is 32.2. The predicted octanol–water partition coefficient (Wildman–Crippen LogP) is 7.41. The van der Waals surface area contributed by atoms with Gasteiger partial charge in [-0.25, -0.2) is 0 Å². The van der Waals surface area contributed by atoms with Crippen LogP contribution in [0.3, 0.4) is 0 Å². The van der Waals surface area contributed by atoms with Crippen LogP contribution in [0.2, 0.25) is 0 Å². The molecule has 0 aliphatic heterocycles. The Morgan fingerprint density at radius 2 is 1.19 bits per heavy atom. The van der Waals surface area contributed by atoms with Crippen LogP contribution in [0.5, 0.6) is 0 Å². The van der Waals surface area contributed by atoms with Gasteiger partial charge in [-0.2, -0.15) is 11.8 Å². The Labute approximate surface area is 225 Å². The summed E-state index contributed by atoms with van der Waals surface area (Å²) in [5.74, 6) is 1.25. The van der Waals surface area contributed by atoms with Crippen LogP contribution >= 0.6 is 11.8 Å². The fourth-order valence-electron chi connectivity index (χ4n) is 2.84. The van der Waals surface area contributed by atoms with Gasteiger partial charge in [0.25, 0.3) is 0 Å². The third kappa shape index (κ3) is 28.1. The Bertz CT molecular complexity index is 739. The molecule has 202 valence electrons. The number of ether oxygens (including phenoxy) is 1. The molecule has 0 unspecified atom stereocenters. The number of carbonyl (C=O) groups is 2. The number of thioether (sulfide) groups is 1. The van der Waals surface area contributed by atoms with Gasteiger partial charge >= 0.3 is 5.97 Å². The zero-order valence-corrected chi connectivity index (χ0v) is 24.0. The molecule has 36 heavy (non-hydrogen) atoms. The topological polar surface area (TPSA) is 43.4 Å².